The Labute approximate surface area is 166 Å². The number of phenols is 2. The average Bonchev–Trinajstić information content (AvgIpc) is 3.35. The van der Waals surface area contributed by atoms with Gasteiger partial charge in [-0.2, -0.15) is 0 Å². The minimum atomic E-state index is -0.150. The number of aliphatic hydroxyl groups excluding tert-OH is 1. The molecule has 7 heteroatoms. The first kappa shape index (κ1) is 18.5. The fourth-order valence-electron chi connectivity index (χ4n) is 3.23. The number of H-pyrrole nitrogens is 1. The van der Waals surface area contributed by atoms with E-state index in [1.807, 2.05) is 12.3 Å². The van der Waals surface area contributed by atoms with Crippen LogP contribution in [0.25, 0.3) is 32.6 Å². The molecule has 5 N–H and O–H groups in total. The number of para-hydroxylation sites is 1. The van der Waals surface area contributed by atoms with E-state index in [4.69, 9.17) is 5.11 Å². The lowest BCUT2D eigenvalue weighted by Crippen LogP contribution is -2.21. The van der Waals surface area contributed by atoms with Crippen LogP contribution in [0.5, 0.6) is 11.5 Å². The SMILES string of the molecule is CC(NCCO)c1ccc(-c2cnc3[nH]cc(-c4cccc(O)c4O)c3c2)s1. The van der Waals surface area contributed by atoms with E-state index in [2.05, 4.69) is 34.3 Å². The molecule has 4 rings (SSSR count). The highest BCUT2D eigenvalue weighted by molar-refractivity contribution is 7.15. The lowest BCUT2D eigenvalue weighted by molar-refractivity contribution is 0.286. The second kappa shape index (κ2) is 7.63. The van der Waals surface area contributed by atoms with Crippen molar-refractivity contribution < 1.29 is 15.3 Å². The van der Waals surface area contributed by atoms with E-state index >= 15 is 0 Å². The molecule has 0 saturated carbocycles. The molecule has 0 aliphatic rings. The smallest absolute Gasteiger partial charge is 0.165 e. The van der Waals surface area contributed by atoms with Gasteiger partial charge in [0, 0.05) is 56.8 Å². The molecular formula is C21H21N3O3S. The maximum Gasteiger partial charge on any atom is 0.165 e. The Morgan fingerprint density at radius 3 is 2.86 bits per heavy atom. The number of benzene rings is 1. The first-order chi connectivity index (χ1) is 13.6. The lowest BCUT2D eigenvalue weighted by atomic mass is 10.0. The number of thiophene rings is 1. The molecule has 0 saturated heterocycles. The van der Waals surface area contributed by atoms with Crippen molar-refractivity contribution in [1.82, 2.24) is 15.3 Å². The van der Waals surface area contributed by atoms with Gasteiger partial charge in [0.1, 0.15) is 5.65 Å². The molecule has 1 unspecified atom stereocenters. The van der Waals surface area contributed by atoms with Crippen LogP contribution in [0, 0.1) is 0 Å². The number of nitrogens with zero attached hydrogens (tertiary/aromatic N) is 1. The van der Waals surface area contributed by atoms with E-state index in [-0.39, 0.29) is 24.1 Å². The number of hydrogen-bond acceptors (Lipinski definition) is 6. The second-order valence-electron chi connectivity index (χ2n) is 6.60. The number of pyridine rings is 1. The summed E-state index contributed by atoms with van der Waals surface area (Å²) in [6.45, 7) is 2.74. The standard InChI is InChI=1S/C21H21N3O3S/c1-12(22-7-8-25)18-5-6-19(28-18)13-9-15-16(11-24-21(15)23-10-13)14-3-2-4-17(26)20(14)27/h2-6,9-12,22,25-27H,7-8H2,1H3,(H,23,24). The minimum Gasteiger partial charge on any atom is -0.504 e. The minimum absolute atomic E-state index is 0.112. The highest BCUT2D eigenvalue weighted by atomic mass is 32.1. The molecule has 0 radical (unpaired) electrons. The number of aromatic nitrogens is 2. The lowest BCUT2D eigenvalue weighted by Gasteiger charge is -2.10. The van der Waals surface area contributed by atoms with Crippen LogP contribution < -0.4 is 5.32 Å². The van der Waals surface area contributed by atoms with Crippen LogP contribution in [0.4, 0.5) is 0 Å². The number of aromatic amines is 1. The zero-order valence-corrected chi connectivity index (χ0v) is 16.1. The molecule has 6 nitrogen and oxygen atoms in total. The fourth-order valence-corrected chi connectivity index (χ4v) is 4.25. The Morgan fingerprint density at radius 1 is 1.18 bits per heavy atom. The van der Waals surface area contributed by atoms with E-state index in [1.54, 1.807) is 29.7 Å². The normalized spacial score (nSPS) is 12.5. The predicted octanol–water partition coefficient (Wildman–Crippen LogP) is 4.01. The number of rotatable bonds is 6. The molecule has 3 heterocycles. The van der Waals surface area contributed by atoms with Crippen molar-refractivity contribution in [3.63, 3.8) is 0 Å². The molecule has 0 amide bonds. The highest BCUT2D eigenvalue weighted by Gasteiger charge is 2.15. The first-order valence-electron chi connectivity index (χ1n) is 9.01. The van der Waals surface area contributed by atoms with Crippen molar-refractivity contribution >= 4 is 22.4 Å². The van der Waals surface area contributed by atoms with Crippen LogP contribution >= 0.6 is 11.3 Å². The second-order valence-corrected chi connectivity index (χ2v) is 7.71. The summed E-state index contributed by atoms with van der Waals surface area (Å²) < 4.78 is 0. The molecule has 3 aromatic heterocycles. The van der Waals surface area contributed by atoms with Crippen molar-refractivity contribution in [2.75, 3.05) is 13.2 Å². The zero-order valence-electron chi connectivity index (χ0n) is 15.3. The Bertz CT molecular complexity index is 1120. The van der Waals surface area contributed by atoms with E-state index in [1.165, 1.54) is 10.9 Å². The van der Waals surface area contributed by atoms with E-state index in [9.17, 15) is 10.2 Å². The Hall–Kier alpha value is -2.87. The van der Waals surface area contributed by atoms with Crippen molar-refractivity contribution in [2.45, 2.75) is 13.0 Å². The highest BCUT2D eigenvalue weighted by Crippen LogP contribution is 2.40. The molecule has 0 aliphatic carbocycles. The number of aliphatic hydroxyl groups is 1. The fraction of sp³-hybridized carbons (Fsp3) is 0.190. The monoisotopic (exact) mass is 395 g/mol. The third-order valence-corrected chi connectivity index (χ3v) is 6.05. The summed E-state index contributed by atoms with van der Waals surface area (Å²) in [5.41, 5.74) is 3.04. The molecule has 28 heavy (non-hydrogen) atoms. The average molecular weight is 395 g/mol. The summed E-state index contributed by atoms with van der Waals surface area (Å²) in [4.78, 5) is 9.92. The topological polar surface area (TPSA) is 101 Å². The van der Waals surface area contributed by atoms with Crippen LogP contribution in [-0.2, 0) is 0 Å². The number of hydrogen-bond donors (Lipinski definition) is 5. The van der Waals surface area contributed by atoms with Gasteiger partial charge in [-0.25, -0.2) is 4.98 Å². The number of phenolic OH excluding ortho intramolecular Hbond substituents is 2. The molecular weight excluding hydrogens is 374 g/mol. The van der Waals surface area contributed by atoms with Crippen LogP contribution in [0.2, 0.25) is 0 Å². The van der Waals surface area contributed by atoms with E-state index in [0.717, 1.165) is 27.0 Å². The summed E-state index contributed by atoms with van der Waals surface area (Å²) in [6, 6.07) is 11.3. The van der Waals surface area contributed by atoms with Crippen LogP contribution in [0.1, 0.15) is 17.8 Å². The predicted molar refractivity (Wildman–Crippen MR) is 112 cm³/mol. The molecule has 144 valence electrons. The van der Waals surface area contributed by atoms with Gasteiger partial charge in [-0.05, 0) is 31.2 Å². The maximum atomic E-state index is 10.2. The number of fused-ring (bicyclic) bond motifs is 1. The summed E-state index contributed by atoms with van der Waals surface area (Å²) in [7, 11) is 0. The van der Waals surface area contributed by atoms with Gasteiger partial charge in [0.25, 0.3) is 0 Å². The zero-order chi connectivity index (χ0) is 19.7. The van der Waals surface area contributed by atoms with E-state index < -0.39 is 0 Å². The van der Waals surface area contributed by atoms with Gasteiger partial charge in [0.2, 0.25) is 0 Å². The van der Waals surface area contributed by atoms with Gasteiger partial charge in [-0.1, -0.05) is 12.1 Å². The molecule has 0 fully saturated rings. The molecule has 1 aromatic carbocycles. The van der Waals surface area contributed by atoms with Gasteiger partial charge in [0.15, 0.2) is 11.5 Å². The van der Waals surface area contributed by atoms with Crippen molar-refractivity contribution in [2.24, 2.45) is 0 Å². The van der Waals surface area contributed by atoms with Crippen LogP contribution in [0.3, 0.4) is 0 Å². The van der Waals surface area contributed by atoms with Crippen molar-refractivity contribution in [3.8, 4) is 33.1 Å². The van der Waals surface area contributed by atoms with Gasteiger partial charge < -0.3 is 25.6 Å². The van der Waals surface area contributed by atoms with Crippen LogP contribution in [0.15, 0.2) is 48.8 Å². The Balaban J connectivity index is 1.72. The Kier molecular flexibility index (Phi) is 5.04. The first-order valence-corrected chi connectivity index (χ1v) is 9.83. The van der Waals surface area contributed by atoms with Gasteiger partial charge in [-0.3, -0.25) is 0 Å². The summed E-state index contributed by atoms with van der Waals surface area (Å²) in [6.07, 6.45) is 3.61. The number of aromatic hydroxyl groups is 2. The van der Waals surface area contributed by atoms with Gasteiger partial charge >= 0.3 is 0 Å². The molecule has 0 spiro atoms. The van der Waals surface area contributed by atoms with E-state index in [0.29, 0.717) is 12.1 Å². The van der Waals surface area contributed by atoms with Gasteiger partial charge in [-0.15, -0.1) is 11.3 Å². The van der Waals surface area contributed by atoms with Crippen molar-refractivity contribution in [3.05, 3.63) is 53.7 Å². The largest absolute Gasteiger partial charge is 0.504 e. The van der Waals surface area contributed by atoms with Crippen LogP contribution in [-0.4, -0.2) is 38.4 Å². The Morgan fingerprint density at radius 2 is 2.04 bits per heavy atom. The van der Waals surface area contributed by atoms with Gasteiger partial charge in [0.05, 0.1) is 6.61 Å². The maximum absolute atomic E-state index is 10.2. The quantitative estimate of drug-likeness (QED) is 0.318. The molecule has 1 atom stereocenters. The third-order valence-electron chi connectivity index (χ3n) is 4.74. The summed E-state index contributed by atoms with van der Waals surface area (Å²) in [5.74, 6) is -0.292. The van der Waals surface area contributed by atoms with Crippen molar-refractivity contribution in [1.29, 1.82) is 0 Å². The summed E-state index contributed by atoms with van der Waals surface area (Å²) in [5, 5.41) is 33.2. The molecule has 0 aliphatic heterocycles. The summed E-state index contributed by atoms with van der Waals surface area (Å²) >= 11 is 1.68. The number of nitrogens with one attached hydrogen (secondary N) is 2. The molecule has 0 bridgehead atoms. The third kappa shape index (κ3) is 3.35. The molecule has 4 aromatic rings.